The first-order chi connectivity index (χ1) is 11.5. The number of amides is 1. The molecule has 2 aromatic rings. The minimum Gasteiger partial charge on any atom is -0.496 e. The fourth-order valence-corrected chi connectivity index (χ4v) is 3.10. The molecule has 0 atom stereocenters. The van der Waals surface area contributed by atoms with Crippen molar-refractivity contribution >= 4 is 34.2 Å². The average Bonchev–Trinajstić information content (AvgIpc) is 2.59. The lowest BCUT2D eigenvalue weighted by molar-refractivity contribution is -0.116. The van der Waals surface area contributed by atoms with Gasteiger partial charge in [0.2, 0.25) is 5.91 Å². The van der Waals surface area contributed by atoms with Gasteiger partial charge in [0, 0.05) is 22.1 Å². The van der Waals surface area contributed by atoms with Crippen LogP contribution in [-0.4, -0.2) is 27.2 Å². The van der Waals surface area contributed by atoms with Crippen molar-refractivity contribution < 1.29 is 19.0 Å². The highest BCUT2D eigenvalue weighted by Gasteiger charge is 2.19. The normalized spacial score (nSPS) is 10.2. The molecular formula is C18H20INO4. The first kappa shape index (κ1) is 18.4. The SMILES string of the molecule is COc1cc(OC)c(OC)cc1CN(C(C)=O)c1ccccc1I. The van der Waals surface area contributed by atoms with Crippen LogP contribution >= 0.6 is 22.6 Å². The van der Waals surface area contributed by atoms with Gasteiger partial charge < -0.3 is 19.1 Å². The molecule has 24 heavy (non-hydrogen) atoms. The zero-order chi connectivity index (χ0) is 17.7. The molecule has 0 unspecified atom stereocenters. The Hall–Kier alpha value is -1.96. The molecule has 1 amide bonds. The van der Waals surface area contributed by atoms with Crippen LogP contribution in [0, 0.1) is 3.57 Å². The van der Waals surface area contributed by atoms with Crippen molar-refractivity contribution in [2.24, 2.45) is 0 Å². The predicted molar refractivity (Wildman–Crippen MR) is 102 cm³/mol. The first-order valence-corrected chi connectivity index (χ1v) is 8.41. The molecule has 2 rings (SSSR count). The number of methoxy groups -OCH3 is 3. The molecule has 0 N–H and O–H groups in total. The lowest BCUT2D eigenvalue weighted by atomic mass is 10.1. The molecule has 0 radical (unpaired) electrons. The standard InChI is InChI=1S/C18H20INO4/c1-12(21)20(15-8-6-5-7-14(15)19)11-13-9-17(23-3)18(24-4)10-16(13)22-2/h5-10H,11H2,1-4H3. The molecule has 6 heteroatoms. The second-order valence-corrected chi connectivity index (χ2v) is 6.24. The van der Waals surface area contributed by atoms with Gasteiger partial charge in [-0.3, -0.25) is 4.79 Å². The lowest BCUT2D eigenvalue weighted by Gasteiger charge is -2.24. The van der Waals surface area contributed by atoms with Gasteiger partial charge in [0.05, 0.1) is 33.6 Å². The van der Waals surface area contributed by atoms with Crippen LogP contribution in [0.2, 0.25) is 0 Å². The molecule has 0 spiro atoms. The van der Waals surface area contributed by atoms with Gasteiger partial charge in [-0.25, -0.2) is 0 Å². The number of hydrogen-bond acceptors (Lipinski definition) is 4. The highest BCUT2D eigenvalue weighted by atomic mass is 127. The molecular weight excluding hydrogens is 421 g/mol. The van der Waals surface area contributed by atoms with Gasteiger partial charge in [-0.15, -0.1) is 0 Å². The van der Waals surface area contributed by atoms with E-state index < -0.39 is 0 Å². The Morgan fingerprint density at radius 1 is 1.00 bits per heavy atom. The Morgan fingerprint density at radius 2 is 1.58 bits per heavy atom. The summed E-state index contributed by atoms with van der Waals surface area (Å²) in [7, 11) is 4.75. The smallest absolute Gasteiger partial charge is 0.224 e. The fourth-order valence-electron chi connectivity index (χ4n) is 2.42. The zero-order valence-corrected chi connectivity index (χ0v) is 16.3. The number of anilines is 1. The summed E-state index contributed by atoms with van der Waals surface area (Å²) in [5, 5.41) is 0. The number of carbonyl (C=O) groups excluding carboxylic acids is 1. The summed E-state index contributed by atoms with van der Waals surface area (Å²) in [6, 6.07) is 11.4. The molecule has 5 nitrogen and oxygen atoms in total. The average molecular weight is 441 g/mol. The molecule has 0 aliphatic heterocycles. The van der Waals surface area contributed by atoms with Crippen molar-refractivity contribution in [3.63, 3.8) is 0 Å². The Kier molecular flexibility index (Phi) is 6.30. The molecule has 2 aromatic carbocycles. The van der Waals surface area contributed by atoms with E-state index in [2.05, 4.69) is 22.6 Å². The number of nitrogens with zero attached hydrogens (tertiary/aromatic N) is 1. The summed E-state index contributed by atoms with van der Waals surface area (Å²) in [6.07, 6.45) is 0. The molecule has 0 aromatic heterocycles. The van der Waals surface area contributed by atoms with E-state index in [0.717, 1.165) is 14.8 Å². The van der Waals surface area contributed by atoms with Gasteiger partial charge in [-0.1, -0.05) is 12.1 Å². The van der Waals surface area contributed by atoms with Crippen LogP contribution in [0.15, 0.2) is 36.4 Å². The van der Waals surface area contributed by atoms with E-state index in [1.807, 2.05) is 30.3 Å². The minimum absolute atomic E-state index is 0.0454. The van der Waals surface area contributed by atoms with Gasteiger partial charge in [0.15, 0.2) is 11.5 Å². The third-order valence-corrected chi connectivity index (χ3v) is 4.55. The predicted octanol–water partition coefficient (Wildman–Crippen LogP) is 3.87. The van der Waals surface area contributed by atoms with Gasteiger partial charge >= 0.3 is 0 Å². The van der Waals surface area contributed by atoms with Crippen LogP contribution in [0.3, 0.4) is 0 Å². The summed E-state index contributed by atoms with van der Waals surface area (Å²) < 4.78 is 17.1. The van der Waals surface area contributed by atoms with Crippen LogP contribution in [0.4, 0.5) is 5.69 Å². The maximum Gasteiger partial charge on any atom is 0.224 e. The van der Waals surface area contributed by atoms with Crippen LogP contribution in [0.1, 0.15) is 12.5 Å². The van der Waals surface area contributed by atoms with Crippen molar-refractivity contribution in [2.45, 2.75) is 13.5 Å². The quantitative estimate of drug-likeness (QED) is 0.639. The van der Waals surface area contributed by atoms with E-state index in [9.17, 15) is 4.79 Å². The van der Waals surface area contributed by atoms with Crippen LogP contribution < -0.4 is 19.1 Å². The fraction of sp³-hybridized carbons (Fsp3) is 0.278. The maximum absolute atomic E-state index is 12.2. The van der Waals surface area contributed by atoms with E-state index in [1.54, 1.807) is 39.2 Å². The Bertz CT molecular complexity index is 733. The van der Waals surface area contributed by atoms with Crippen molar-refractivity contribution in [1.29, 1.82) is 0 Å². The first-order valence-electron chi connectivity index (χ1n) is 7.33. The number of carbonyl (C=O) groups is 1. The van der Waals surface area contributed by atoms with Crippen molar-refractivity contribution in [2.75, 3.05) is 26.2 Å². The van der Waals surface area contributed by atoms with Gasteiger partial charge in [-0.2, -0.15) is 0 Å². The summed E-state index contributed by atoms with van der Waals surface area (Å²) in [6.45, 7) is 1.93. The summed E-state index contributed by atoms with van der Waals surface area (Å²) in [4.78, 5) is 13.9. The monoisotopic (exact) mass is 441 g/mol. The number of ether oxygens (including phenoxy) is 3. The van der Waals surface area contributed by atoms with Gasteiger partial charge in [-0.05, 0) is 40.8 Å². The van der Waals surface area contributed by atoms with E-state index in [-0.39, 0.29) is 5.91 Å². The molecule has 0 aliphatic carbocycles. The van der Waals surface area contributed by atoms with Crippen LogP contribution in [0.5, 0.6) is 17.2 Å². The van der Waals surface area contributed by atoms with E-state index in [0.29, 0.717) is 23.8 Å². The third-order valence-electron chi connectivity index (χ3n) is 3.64. The second kappa shape index (κ2) is 8.23. The van der Waals surface area contributed by atoms with Crippen molar-refractivity contribution in [3.8, 4) is 17.2 Å². The van der Waals surface area contributed by atoms with Gasteiger partial charge in [0.25, 0.3) is 0 Å². The Morgan fingerprint density at radius 3 is 2.12 bits per heavy atom. The molecule has 0 bridgehead atoms. The number of rotatable bonds is 6. The number of hydrogen-bond donors (Lipinski definition) is 0. The number of halogens is 1. The molecule has 0 fully saturated rings. The third kappa shape index (κ3) is 3.92. The minimum atomic E-state index is -0.0454. The molecule has 0 heterocycles. The van der Waals surface area contributed by atoms with Crippen molar-refractivity contribution in [1.82, 2.24) is 0 Å². The highest BCUT2D eigenvalue weighted by molar-refractivity contribution is 14.1. The van der Waals surface area contributed by atoms with Crippen molar-refractivity contribution in [3.05, 3.63) is 45.5 Å². The molecule has 128 valence electrons. The second-order valence-electron chi connectivity index (χ2n) is 5.08. The Balaban J connectivity index is 2.46. The maximum atomic E-state index is 12.2. The van der Waals surface area contributed by atoms with Crippen LogP contribution in [-0.2, 0) is 11.3 Å². The van der Waals surface area contributed by atoms with E-state index in [4.69, 9.17) is 14.2 Å². The van der Waals surface area contributed by atoms with Gasteiger partial charge in [0.1, 0.15) is 5.75 Å². The van der Waals surface area contributed by atoms with E-state index >= 15 is 0 Å². The summed E-state index contributed by atoms with van der Waals surface area (Å²) in [5.74, 6) is 1.78. The molecule has 0 aliphatic rings. The summed E-state index contributed by atoms with van der Waals surface area (Å²) >= 11 is 2.23. The highest BCUT2D eigenvalue weighted by Crippen LogP contribution is 2.36. The number of benzene rings is 2. The van der Waals surface area contributed by atoms with Crippen LogP contribution in [0.25, 0.3) is 0 Å². The Labute approximate surface area is 155 Å². The number of para-hydroxylation sites is 1. The molecule has 0 saturated heterocycles. The molecule has 0 saturated carbocycles. The van der Waals surface area contributed by atoms with E-state index in [1.165, 1.54) is 0 Å². The summed E-state index contributed by atoms with van der Waals surface area (Å²) in [5.41, 5.74) is 1.70. The zero-order valence-electron chi connectivity index (χ0n) is 14.1. The topological polar surface area (TPSA) is 48.0 Å². The lowest BCUT2D eigenvalue weighted by Crippen LogP contribution is -2.28. The largest absolute Gasteiger partial charge is 0.496 e.